The predicted molar refractivity (Wildman–Crippen MR) is 118 cm³/mol. The summed E-state index contributed by atoms with van der Waals surface area (Å²) in [5.41, 5.74) is 6.13. The summed E-state index contributed by atoms with van der Waals surface area (Å²) in [5.74, 6) is 0. The van der Waals surface area contributed by atoms with Crippen LogP contribution in [0.1, 0.15) is 33.7 Å². The molecule has 0 N–H and O–H groups in total. The molecule has 0 saturated carbocycles. The first kappa shape index (κ1) is 17.0. The SMILES string of the molecule is CC(C)n1c2ccccc2c2cccc([N+]3=C=[N+](C(C)C)c4ccccc43)c21. The second kappa shape index (κ2) is 6.19. The third-order valence-electron chi connectivity index (χ3n) is 5.57. The molecule has 0 atom stereocenters. The van der Waals surface area contributed by atoms with Crippen LogP contribution in [0.25, 0.3) is 21.8 Å². The van der Waals surface area contributed by atoms with Crippen molar-refractivity contribution in [2.45, 2.75) is 39.8 Å². The molecule has 0 amide bonds. The zero-order valence-electron chi connectivity index (χ0n) is 16.8. The van der Waals surface area contributed by atoms with Crippen LogP contribution in [0, 0.1) is 0 Å². The molecule has 3 aromatic carbocycles. The lowest BCUT2D eigenvalue weighted by molar-refractivity contribution is -0.466. The molecule has 1 aromatic heterocycles. The summed E-state index contributed by atoms with van der Waals surface area (Å²) in [6.45, 7) is 8.93. The highest BCUT2D eigenvalue weighted by Gasteiger charge is 2.37. The minimum absolute atomic E-state index is 0.348. The number of para-hydroxylation sites is 4. The van der Waals surface area contributed by atoms with Gasteiger partial charge >= 0.3 is 6.01 Å². The summed E-state index contributed by atoms with van der Waals surface area (Å²) >= 11 is 0. The summed E-state index contributed by atoms with van der Waals surface area (Å²) in [6, 6.07) is 28.2. The van der Waals surface area contributed by atoms with Crippen molar-refractivity contribution in [2.24, 2.45) is 0 Å². The van der Waals surface area contributed by atoms with Gasteiger partial charge in [-0.15, -0.1) is 0 Å². The first-order valence-electron chi connectivity index (χ1n) is 10.0. The maximum absolute atomic E-state index is 3.63. The third kappa shape index (κ3) is 2.30. The van der Waals surface area contributed by atoms with Gasteiger partial charge in [-0.05, 0) is 38.3 Å². The lowest BCUT2D eigenvalue weighted by Gasteiger charge is -2.11. The van der Waals surface area contributed by atoms with Crippen LogP contribution >= 0.6 is 0 Å². The van der Waals surface area contributed by atoms with Crippen LogP contribution in [-0.2, 0) is 0 Å². The maximum Gasteiger partial charge on any atom is 0.496 e. The van der Waals surface area contributed by atoms with Crippen molar-refractivity contribution in [1.29, 1.82) is 0 Å². The number of benzene rings is 3. The number of hydrogen-bond donors (Lipinski definition) is 0. The Morgan fingerprint density at radius 1 is 0.714 bits per heavy atom. The molecule has 1 aliphatic rings. The molecule has 0 unspecified atom stereocenters. The Labute approximate surface area is 165 Å². The van der Waals surface area contributed by atoms with Crippen molar-refractivity contribution in [3.8, 4) is 0 Å². The van der Waals surface area contributed by atoms with Gasteiger partial charge in [0.2, 0.25) is 0 Å². The molecule has 4 aromatic rings. The molecule has 0 aliphatic carbocycles. The fraction of sp³-hybridized carbons (Fsp3) is 0.240. The molecule has 3 nitrogen and oxygen atoms in total. The molecule has 0 spiro atoms. The van der Waals surface area contributed by atoms with Crippen LogP contribution in [-0.4, -0.2) is 21.2 Å². The van der Waals surface area contributed by atoms with E-state index in [1.54, 1.807) is 0 Å². The number of nitrogens with zero attached hydrogens (tertiary/aromatic N) is 3. The number of aromatic nitrogens is 1. The number of hydrogen-bond acceptors (Lipinski definition) is 0. The van der Waals surface area contributed by atoms with E-state index in [1.807, 2.05) is 0 Å². The van der Waals surface area contributed by atoms with Gasteiger partial charge in [0, 0.05) is 40.5 Å². The fourth-order valence-electron chi connectivity index (χ4n) is 4.40. The minimum atomic E-state index is 0.348. The molecule has 3 heteroatoms. The van der Waals surface area contributed by atoms with Gasteiger partial charge in [-0.1, -0.05) is 47.0 Å². The third-order valence-corrected chi connectivity index (χ3v) is 5.57. The van der Waals surface area contributed by atoms with E-state index in [9.17, 15) is 0 Å². The van der Waals surface area contributed by atoms with E-state index in [0.717, 1.165) is 0 Å². The Kier molecular flexibility index (Phi) is 3.75. The zero-order valence-corrected chi connectivity index (χ0v) is 16.8. The highest BCUT2D eigenvalue weighted by atomic mass is 15.2. The molecule has 2 heterocycles. The molecule has 5 rings (SSSR count). The highest BCUT2D eigenvalue weighted by Crippen LogP contribution is 2.40. The standard InChI is InChI=1S/C25H25N3/c1-17(2)26-16-27(23-14-8-7-13-22(23)26)24-15-9-11-20-19-10-5-6-12-21(19)28(18(3)4)25(20)24/h5-15,17-18H,1-4H3/q+2. The number of fused-ring (bicyclic) bond motifs is 4. The van der Waals surface area contributed by atoms with Gasteiger partial charge in [0.05, 0.1) is 0 Å². The van der Waals surface area contributed by atoms with Crippen LogP contribution in [0.4, 0.5) is 17.1 Å². The Morgan fingerprint density at radius 3 is 2.11 bits per heavy atom. The first-order valence-corrected chi connectivity index (χ1v) is 10.0. The van der Waals surface area contributed by atoms with Gasteiger partial charge in [-0.2, -0.15) is 0 Å². The summed E-state index contributed by atoms with van der Waals surface area (Å²) in [4.78, 5) is 0. The Hall–Kier alpha value is -3.16. The smallest absolute Gasteiger partial charge is 0.332 e. The van der Waals surface area contributed by atoms with Crippen molar-refractivity contribution < 1.29 is 4.58 Å². The van der Waals surface area contributed by atoms with Gasteiger partial charge in [-0.3, -0.25) is 0 Å². The van der Waals surface area contributed by atoms with Crippen molar-refractivity contribution in [2.75, 3.05) is 0 Å². The van der Waals surface area contributed by atoms with Gasteiger partial charge < -0.3 is 4.57 Å². The van der Waals surface area contributed by atoms with Crippen molar-refractivity contribution in [1.82, 2.24) is 9.14 Å². The summed E-state index contributed by atoms with van der Waals surface area (Å²) < 4.78 is 6.92. The van der Waals surface area contributed by atoms with E-state index in [2.05, 4.69) is 114 Å². The predicted octanol–water partition coefficient (Wildman–Crippen LogP) is 6.45. The summed E-state index contributed by atoms with van der Waals surface area (Å²) in [6.07, 6.45) is 0. The molecule has 28 heavy (non-hydrogen) atoms. The average Bonchev–Trinajstić information content (AvgIpc) is 3.24. The molecular formula is C25H25N3+2. The number of rotatable bonds is 3. The summed E-state index contributed by atoms with van der Waals surface area (Å²) in [5, 5.41) is 2.60. The molecule has 138 valence electrons. The van der Waals surface area contributed by atoms with Crippen LogP contribution in [0.3, 0.4) is 0 Å². The molecule has 0 fully saturated rings. The van der Waals surface area contributed by atoms with Gasteiger partial charge in [0.25, 0.3) is 17.1 Å². The second-order valence-corrected chi connectivity index (χ2v) is 8.04. The van der Waals surface area contributed by atoms with Crippen LogP contribution in [0.15, 0.2) is 66.7 Å². The van der Waals surface area contributed by atoms with E-state index in [-0.39, 0.29) is 0 Å². The van der Waals surface area contributed by atoms with Crippen LogP contribution in [0.2, 0.25) is 0 Å². The van der Waals surface area contributed by atoms with Crippen molar-refractivity contribution >= 4 is 44.9 Å². The average molecular weight is 367 g/mol. The van der Waals surface area contributed by atoms with E-state index in [1.165, 1.54) is 38.9 Å². The summed E-state index contributed by atoms with van der Waals surface area (Å²) in [7, 11) is 0. The lowest BCUT2D eigenvalue weighted by atomic mass is 10.1. The monoisotopic (exact) mass is 367 g/mol. The largest absolute Gasteiger partial charge is 0.496 e. The fourth-order valence-corrected chi connectivity index (χ4v) is 4.40. The molecule has 0 saturated heterocycles. The Balaban J connectivity index is 1.93. The first-order chi connectivity index (χ1) is 13.6. The zero-order chi connectivity index (χ0) is 19.4. The second-order valence-electron chi connectivity index (χ2n) is 8.04. The maximum atomic E-state index is 3.63. The van der Waals surface area contributed by atoms with E-state index in [0.29, 0.717) is 12.1 Å². The highest BCUT2D eigenvalue weighted by molar-refractivity contribution is 6.12. The molecule has 0 bridgehead atoms. The van der Waals surface area contributed by atoms with E-state index >= 15 is 0 Å². The normalized spacial score (nSPS) is 13.5. The lowest BCUT2D eigenvalue weighted by Crippen LogP contribution is -2.12. The van der Waals surface area contributed by atoms with E-state index < -0.39 is 0 Å². The minimum Gasteiger partial charge on any atom is -0.332 e. The van der Waals surface area contributed by atoms with Crippen LogP contribution < -0.4 is 4.58 Å². The van der Waals surface area contributed by atoms with Crippen LogP contribution in [0.5, 0.6) is 0 Å². The van der Waals surface area contributed by atoms with Gasteiger partial charge in [0.1, 0.15) is 5.52 Å². The molecule has 0 radical (unpaired) electrons. The Morgan fingerprint density at radius 2 is 1.36 bits per heavy atom. The van der Waals surface area contributed by atoms with Crippen molar-refractivity contribution in [3.63, 3.8) is 0 Å². The quantitative estimate of drug-likeness (QED) is 0.369. The van der Waals surface area contributed by atoms with Gasteiger partial charge in [0.15, 0.2) is 6.04 Å². The Bertz CT molecular complexity index is 1300. The van der Waals surface area contributed by atoms with Crippen molar-refractivity contribution in [3.05, 3.63) is 66.7 Å². The molecule has 1 aliphatic heterocycles. The molecular weight excluding hydrogens is 342 g/mol. The topological polar surface area (TPSA) is 10.9 Å². The van der Waals surface area contributed by atoms with Gasteiger partial charge in [-0.25, -0.2) is 0 Å². The van der Waals surface area contributed by atoms with E-state index in [4.69, 9.17) is 0 Å².